The van der Waals surface area contributed by atoms with E-state index in [1.54, 1.807) is 0 Å². The lowest BCUT2D eigenvalue weighted by Crippen LogP contribution is -1.88. The number of aldehydes is 1. The van der Waals surface area contributed by atoms with E-state index in [4.69, 9.17) is 0 Å². The van der Waals surface area contributed by atoms with E-state index in [9.17, 15) is 9.18 Å². The summed E-state index contributed by atoms with van der Waals surface area (Å²) in [5.41, 5.74) is 0.241. The first-order valence-corrected chi connectivity index (χ1v) is 2.46. The number of carbonyl (C=O) groups is 1. The third-order valence-electron chi connectivity index (χ3n) is 0.953. The Morgan fingerprint density at radius 1 is 1.89 bits per heavy atom. The molecule has 0 bridgehead atoms. The first-order chi connectivity index (χ1) is 4.34. The fourth-order valence-electron chi connectivity index (χ4n) is 0.531. The SMILES string of the molecule is O=CCc1[nH]cnc1F. The number of carbonyl (C=O) groups excluding carboxylic acids is 1. The van der Waals surface area contributed by atoms with Gasteiger partial charge in [-0.25, -0.2) is 4.98 Å². The Hall–Kier alpha value is -1.19. The highest BCUT2D eigenvalue weighted by Crippen LogP contribution is 1.97. The van der Waals surface area contributed by atoms with Crippen LogP contribution in [0.25, 0.3) is 0 Å². The van der Waals surface area contributed by atoms with E-state index in [-0.39, 0.29) is 12.1 Å². The number of hydrogen-bond donors (Lipinski definition) is 1. The van der Waals surface area contributed by atoms with Crippen LogP contribution in [-0.2, 0) is 11.2 Å². The fourth-order valence-corrected chi connectivity index (χ4v) is 0.531. The highest BCUT2D eigenvalue weighted by molar-refractivity contribution is 5.53. The van der Waals surface area contributed by atoms with Gasteiger partial charge in [-0.3, -0.25) is 0 Å². The molecular weight excluding hydrogens is 123 g/mol. The summed E-state index contributed by atoms with van der Waals surface area (Å²) in [6, 6.07) is 0. The first kappa shape index (κ1) is 5.94. The zero-order valence-electron chi connectivity index (χ0n) is 4.60. The van der Waals surface area contributed by atoms with Crippen LogP contribution in [0.3, 0.4) is 0 Å². The molecule has 1 aromatic rings. The maximum atomic E-state index is 12.2. The summed E-state index contributed by atoms with van der Waals surface area (Å²) in [6.07, 6.45) is 1.90. The Morgan fingerprint density at radius 2 is 2.67 bits per heavy atom. The van der Waals surface area contributed by atoms with Gasteiger partial charge >= 0.3 is 0 Å². The second kappa shape index (κ2) is 2.39. The third kappa shape index (κ3) is 1.13. The molecule has 0 fully saturated rings. The van der Waals surface area contributed by atoms with Crippen molar-refractivity contribution < 1.29 is 9.18 Å². The van der Waals surface area contributed by atoms with E-state index in [1.807, 2.05) is 0 Å². The van der Waals surface area contributed by atoms with E-state index in [1.165, 1.54) is 6.33 Å². The molecule has 0 aromatic carbocycles. The van der Waals surface area contributed by atoms with Gasteiger partial charge in [0.2, 0.25) is 5.95 Å². The van der Waals surface area contributed by atoms with E-state index in [0.29, 0.717) is 6.29 Å². The summed E-state index contributed by atoms with van der Waals surface area (Å²) < 4.78 is 12.2. The zero-order valence-corrected chi connectivity index (χ0v) is 4.60. The van der Waals surface area contributed by atoms with Crippen molar-refractivity contribution >= 4 is 6.29 Å². The Morgan fingerprint density at radius 3 is 3.11 bits per heavy atom. The molecule has 0 aliphatic heterocycles. The van der Waals surface area contributed by atoms with Crippen LogP contribution in [0.1, 0.15) is 5.69 Å². The molecule has 0 aliphatic rings. The second-order valence-electron chi connectivity index (χ2n) is 1.54. The zero-order chi connectivity index (χ0) is 6.69. The lowest BCUT2D eigenvalue weighted by molar-refractivity contribution is -0.107. The number of hydrogen-bond acceptors (Lipinski definition) is 2. The van der Waals surface area contributed by atoms with Gasteiger partial charge in [-0.15, -0.1) is 0 Å². The maximum absolute atomic E-state index is 12.2. The Bertz CT molecular complexity index is 208. The number of nitrogens with zero attached hydrogens (tertiary/aromatic N) is 1. The van der Waals surface area contributed by atoms with Crippen LogP contribution in [0.2, 0.25) is 0 Å². The van der Waals surface area contributed by atoms with Crippen LogP contribution < -0.4 is 0 Å². The topological polar surface area (TPSA) is 45.8 Å². The Balaban J connectivity index is 2.80. The third-order valence-corrected chi connectivity index (χ3v) is 0.953. The van der Waals surface area contributed by atoms with Gasteiger partial charge < -0.3 is 9.78 Å². The van der Waals surface area contributed by atoms with Crippen LogP contribution in [-0.4, -0.2) is 16.3 Å². The average Bonchev–Trinajstić information content (AvgIpc) is 2.18. The average molecular weight is 128 g/mol. The van der Waals surface area contributed by atoms with Crippen LogP contribution in [0.15, 0.2) is 6.33 Å². The summed E-state index contributed by atoms with van der Waals surface area (Å²) in [7, 11) is 0. The number of H-pyrrole nitrogens is 1. The predicted molar refractivity (Wildman–Crippen MR) is 28.3 cm³/mol. The molecule has 0 radical (unpaired) electrons. The van der Waals surface area contributed by atoms with Crippen molar-refractivity contribution in [3.63, 3.8) is 0 Å². The van der Waals surface area contributed by atoms with Gasteiger partial charge in [-0.05, 0) is 0 Å². The Kier molecular flexibility index (Phi) is 1.58. The van der Waals surface area contributed by atoms with Crippen molar-refractivity contribution in [1.29, 1.82) is 0 Å². The number of nitrogens with one attached hydrogen (secondary N) is 1. The van der Waals surface area contributed by atoms with E-state index >= 15 is 0 Å². The van der Waals surface area contributed by atoms with Gasteiger partial charge in [0.1, 0.15) is 6.29 Å². The molecular formula is C5H5FN2O. The molecule has 3 nitrogen and oxygen atoms in total. The van der Waals surface area contributed by atoms with E-state index in [2.05, 4.69) is 9.97 Å². The van der Waals surface area contributed by atoms with Gasteiger partial charge in [0, 0.05) is 6.42 Å². The molecule has 0 saturated heterocycles. The highest BCUT2D eigenvalue weighted by atomic mass is 19.1. The number of imidazole rings is 1. The number of rotatable bonds is 2. The van der Waals surface area contributed by atoms with Crippen molar-refractivity contribution in [2.45, 2.75) is 6.42 Å². The van der Waals surface area contributed by atoms with Crippen LogP contribution in [0.5, 0.6) is 0 Å². The van der Waals surface area contributed by atoms with Gasteiger partial charge in [0.25, 0.3) is 0 Å². The number of halogens is 1. The summed E-state index contributed by atoms with van der Waals surface area (Å²) in [5, 5.41) is 0. The van der Waals surface area contributed by atoms with Crippen LogP contribution >= 0.6 is 0 Å². The molecule has 48 valence electrons. The summed E-state index contributed by atoms with van der Waals surface area (Å²) in [5.74, 6) is -0.595. The summed E-state index contributed by atoms with van der Waals surface area (Å²) >= 11 is 0. The lowest BCUT2D eigenvalue weighted by Gasteiger charge is -1.82. The minimum absolute atomic E-state index is 0.0613. The smallest absolute Gasteiger partial charge is 0.234 e. The van der Waals surface area contributed by atoms with Gasteiger partial charge in [0.15, 0.2) is 0 Å². The molecule has 0 unspecified atom stereocenters. The molecule has 1 N–H and O–H groups in total. The van der Waals surface area contributed by atoms with Crippen molar-refractivity contribution in [2.75, 3.05) is 0 Å². The minimum atomic E-state index is -0.595. The maximum Gasteiger partial charge on any atom is 0.234 e. The standard InChI is InChI=1S/C5H5FN2O/c6-5-4(1-2-9)7-3-8-5/h2-3H,1H2,(H,7,8). The van der Waals surface area contributed by atoms with Crippen LogP contribution in [0, 0.1) is 5.95 Å². The molecule has 0 saturated carbocycles. The predicted octanol–water partition coefficient (Wildman–Crippen LogP) is 0.290. The van der Waals surface area contributed by atoms with Gasteiger partial charge in [0.05, 0.1) is 12.0 Å². The summed E-state index contributed by atoms with van der Waals surface area (Å²) in [6.45, 7) is 0. The molecule has 0 amide bonds. The fraction of sp³-hybridized carbons (Fsp3) is 0.200. The molecule has 1 heterocycles. The van der Waals surface area contributed by atoms with Crippen molar-refractivity contribution in [3.05, 3.63) is 18.0 Å². The highest BCUT2D eigenvalue weighted by Gasteiger charge is 2.00. The first-order valence-electron chi connectivity index (χ1n) is 2.46. The number of aromatic nitrogens is 2. The van der Waals surface area contributed by atoms with Crippen LogP contribution in [0.4, 0.5) is 4.39 Å². The molecule has 0 atom stereocenters. The molecule has 1 aromatic heterocycles. The monoisotopic (exact) mass is 128 g/mol. The van der Waals surface area contributed by atoms with Gasteiger partial charge in [-0.1, -0.05) is 0 Å². The molecule has 0 aliphatic carbocycles. The second-order valence-corrected chi connectivity index (χ2v) is 1.54. The largest absolute Gasteiger partial charge is 0.346 e. The van der Waals surface area contributed by atoms with Crippen molar-refractivity contribution in [3.8, 4) is 0 Å². The van der Waals surface area contributed by atoms with E-state index < -0.39 is 5.95 Å². The molecule has 9 heavy (non-hydrogen) atoms. The van der Waals surface area contributed by atoms with E-state index in [0.717, 1.165) is 0 Å². The molecule has 1 rings (SSSR count). The minimum Gasteiger partial charge on any atom is -0.346 e. The van der Waals surface area contributed by atoms with Gasteiger partial charge in [-0.2, -0.15) is 4.39 Å². The lowest BCUT2D eigenvalue weighted by atomic mass is 10.4. The summed E-state index contributed by atoms with van der Waals surface area (Å²) in [4.78, 5) is 15.6. The quantitative estimate of drug-likeness (QED) is 0.582. The van der Waals surface area contributed by atoms with Crippen molar-refractivity contribution in [2.24, 2.45) is 0 Å². The Labute approximate surface area is 50.9 Å². The normalized spacial score (nSPS) is 9.44. The number of aromatic amines is 1. The molecule has 0 spiro atoms. The van der Waals surface area contributed by atoms with Crippen molar-refractivity contribution in [1.82, 2.24) is 9.97 Å². The molecule has 4 heteroatoms.